The largest absolute Gasteiger partial charge is 0.382 e. The number of piperidine rings is 1. The lowest BCUT2D eigenvalue weighted by Gasteiger charge is -2.33. The highest BCUT2D eigenvalue weighted by Gasteiger charge is 2.21. The molecule has 0 unspecified atom stereocenters. The van der Waals surface area contributed by atoms with E-state index in [0.29, 0.717) is 6.04 Å². The van der Waals surface area contributed by atoms with Crippen LogP contribution in [0.1, 0.15) is 19.8 Å². The number of aromatic nitrogens is 2. The van der Waals surface area contributed by atoms with E-state index in [9.17, 15) is 0 Å². The van der Waals surface area contributed by atoms with Gasteiger partial charge in [-0.05, 0) is 70.1 Å². The molecule has 1 saturated heterocycles. The van der Waals surface area contributed by atoms with Gasteiger partial charge >= 0.3 is 0 Å². The first-order chi connectivity index (χ1) is 10.2. The number of likely N-dealkylation sites (tertiary alicyclic amines) is 1. The Hall–Kier alpha value is -1.81. The lowest BCUT2D eigenvalue weighted by atomic mass is 9.90. The van der Waals surface area contributed by atoms with Crippen LogP contribution in [0.5, 0.6) is 0 Å². The Kier molecular flexibility index (Phi) is 4.25. The molecule has 0 radical (unpaired) electrons. The number of hydrogen-bond acceptors (Lipinski definition) is 3. The quantitative estimate of drug-likeness (QED) is 0.937. The van der Waals surface area contributed by atoms with E-state index in [-0.39, 0.29) is 0 Å². The van der Waals surface area contributed by atoms with Crippen LogP contribution in [-0.4, -0.2) is 40.6 Å². The van der Waals surface area contributed by atoms with Crippen molar-refractivity contribution in [3.63, 3.8) is 0 Å². The van der Waals surface area contributed by atoms with E-state index >= 15 is 0 Å². The second-order valence-corrected chi connectivity index (χ2v) is 6.09. The molecule has 1 aliphatic heterocycles. The predicted molar refractivity (Wildman–Crippen MR) is 86.9 cm³/mol. The Morgan fingerprint density at radius 2 is 1.90 bits per heavy atom. The Bertz CT molecular complexity index is 539. The Morgan fingerprint density at radius 3 is 2.52 bits per heavy atom. The van der Waals surface area contributed by atoms with Crippen LogP contribution >= 0.6 is 0 Å². The van der Waals surface area contributed by atoms with Crippen molar-refractivity contribution in [2.24, 2.45) is 5.92 Å². The van der Waals surface area contributed by atoms with Gasteiger partial charge in [-0.1, -0.05) is 0 Å². The van der Waals surface area contributed by atoms with Gasteiger partial charge in [0.2, 0.25) is 0 Å². The molecule has 21 heavy (non-hydrogen) atoms. The van der Waals surface area contributed by atoms with Gasteiger partial charge in [-0.15, -0.1) is 0 Å². The summed E-state index contributed by atoms with van der Waals surface area (Å²) in [6.45, 7) is 4.74. The van der Waals surface area contributed by atoms with E-state index in [1.54, 1.807) is 6.20 Å². The third kappa shape index (κ3) is 3.45. The predicted octanol–water partition coefficient (Wildman–Crippen LogP) is 3.01. The van der Waals surface area contributed by atoms with Gasteiger partial charge in [0.15, 0.2) is 0 Å². The summed E-state index contributed by atoms with van der Waals surface area (Å²) in [6.07, 6.45) is 8.16. The minimum atomic E-state index is 0.526. The molecular formula is C17H24N4. The first kappa shape index (κ1) is 14.1. The van der Waals surface area contributed by atoms with Crippen molar-refractivity contribution >= 4 is 5.69 Å². The molecule has 2 heterocycles. The standard InChI is InChI=1S/C17H24N4/c1-14(15-7-10-20(2)11-8-15)19-16-3-5-17(6-4-16)21-12-9-18-13-21/h3-6,9,12-15,19H,7-8,10-11H2,1-2H3/t14-/m1/s1. The maximum atomic E-state index is 4.08. The van der Waals surface area contributed by atoms with E-state index < -0.39 is 0 Å². The van der Waals surface area contributed by atoms with Crippen molar-refractivity contribution in [3.05, 3.63) is 43.0 Å². The van der Waals surface area contributed by atoms with Crippen molar-refractivity contribution in [2.45, 2.75) is 25.8 Å². The van der Waals surface area contributed by atoms with Crippen molar-refractivity contribution in [3.8, 4) is 5.69 Å². The van der Waals surface area contributed by atoms with Crippen LogP contribution in [0.3, 0.4) is 0 Å². The third-order valence-corrected chi connectivity index (χ3v) is 4.53. The summed E-state index contributed by atoms with van der Waals surface area (Å²) in [5.41, 5.74) is 2.34. The minimum Gasteiger partial charge on any atom is -0.382 e. The Morgan fingerprint density at radius 1 is 1.19 bits per heavy atom. The molecule has 4 heteroatoms. The highest BCUT2D eigenvalue weighted by molar-refractivity contribution is 5.49. The van der Waals surface area contributed by atoms with Crippen molar-refractivity contribution in [1.82, 2.24) is 14.5 Å². The van der Waals surface area contributed by atoms with E-state index in [2.05, 4.69) is 53.4 Å². The zero-order chi connectivity index (χ0) is 14.7. The topological polar surface area (TPSA) is 33.1 Å². The van der Waals surface area contributed by atoms with Crippen LogP contribution < -0.4 is 5.32 Å². The van der Waals surface area contributed by atoms with Gasteiger partial charge in [0.05, 0.1) is 6.33 Å². The van der Waals surface area contributed by atoms with Crippen LogP contribution in [0.2, 0.25) is 0 Å². The third-order valence-electron chi connectivity index (χ3n) is 4.53. The second kappa shape index (κ2) is 6.31. The highest BCUT2D eigenvalue weighted by Crippen LogP contribution is 2.23. The second-order valence-electron chi connectivity index (χ2n) is 6.09. The fourth-order valence-electron chi connectivity index (χ4n) is 3.05. The van der Waals surface area contributed by atoms with E-state index in [4.69, 9.17) is 0 Å². The molecule has 0 aliphatic carbocycles. The summed E-state index contributed by atoms with van der Waals surface area (Å²) >= 11 is 0. The van der Waals surface area contributed by atoms with Crippen LogP contribution in [0.25, 0.3) is 5.69 Å². The fourth-order valence-corrected chi connectivity index (χ4v) is 3.05. The summed E-state index contributed by atoms with van der Waals surface area (Å²) in [7, 11) is 2.21. The minimum absolute atomic E-state index is 0.526. The molecule has 4 nitrogen and oxygen atoms in total. The monoisotopic (exact) mass is 284 g/mol. The average molecular weight is 284 g/mol. The van der Waals surface area contributed by atoms with E-state index in [1.165, 1.54) is 31.6 Å². The first-order valence-electron chi connectivity index (χ1n) is 7.76. The van der Waals surface area contributed by atoms with Gasteiger partial charge in [-0.2, -0.15) is 0 Å². The molecule has 3 rings (SSSR count). The fraction of sp³-hybridized carbons (Fsp3) is 0.471. The average Bonchev–Trinajstić information content (AvgIpc) is 3.03. The molecule has 112 valence electrons. The molecular weight excluding hydrogens is 260 g/mol. The molecule has 1 aliphatic rings. The number of hydrogen-bond donors (Lipinski definition) is 1. The van der Waals surface area contributed by atoms with Crippen molar-refractivity contribution in [2.75, 3.05) is 25.5 Å². The van der Waals surface area contributed by atoms with Crippen LogP contribution in [0.4, 0.5) is 5.69 Å². The summed E-state index contributed by atoms with van der Waals surface area (Å²) in [5.74, 6) is 0.773. The molecule has 0 saturated carbocycles. The van der Waals surface area contributed by atoms with Gasteiger partial charge in [-0.25, -0.2) is 4.98 Å². The summed E-state index contributed by atoms with van der Waals surface area (Å²) in [4.78, 5) is 6.50. The van der Waals surface area contributed by atoms with Crippen LogP contribution in [0, 0.1) is 5.92 Å². The van der Waals surface area contributed by atoms with Gasteiger partial charge in [-0.3, -0.25) is 0 Å². The molecule has 0 bridgehead atoms. The summed E-state index contributed by atoms with van der Waals surface area (Å²) in [5, 5.41) is 3.66. The number of anilines is 1. The molecule has 0 amide bonds. The van der Waals surface area contributed by atoms with Crippen LogP contribution in [-0.2, 0) is 0 Å². The first-order valence-corrected chi connectivity index (χ1v) is 7.76. The molecule has 2 aromatic rings. The summed E-state index contributed by atoms with van der Waals surface area (Å²) in [6, 6.07) is 9.09. The Balaban J connectivity index is 1.60. The molecule has 1 atom stereocenters. The Labute approximate surface area is 126 Å². The number of rotatable bonds is 4. The van der Waals surface area contributed by atoms with E-state index in [0.717, 1.165) is 11.6 Å². The lowest BCUT2D eigenvalue weighted by molar-refractivity contribution is 0.208. The molecule has 1 N–H and O–H groups in total. The number of imidazole rings is 1. The molecule has 1 fully saturated rings. The van der Waals surface area contributed by atoms with E-state index in [1.807, 2.05) is 17.1 Å². The number of nitrogens with one attached hydrogen (secondary N) is 1. The van der Waals surface area contributed by atoms with Gasteiger partial charge in [0.1, 0.15) is 0 Å². The highest BCUT2D eigenvalue weighted by atomic mass is 15.1. The molecule has 1 aromatic heterocycles. The molecule has 1 aromatic carbocycles. The maximum Gasteiger partial charge on any atom is 0.0991 e. The normalized spacial score (nSPS) is 18.6. The SMILES string of the molecule is C[C@@H](Nc1ccc(-n2ccnc2)cc1)C1CCN(C)CC1. The van der Waals surface area contributed by atoms with Crippen molar-refractivity contribution < 1.29 is 0 Å². The van der Waals surface area contributed by atoms with Crippen LogP contribution in [0.15, 0.2) is 43.0 Å². The smallest absolute Gasteiger partial charge is 0.0991 e. The zero-order valence-corrected chi connectivity index (χ0v) is 12.9. The van der Waals surface area contributed by atoms with Crippen molar-refractivity contribution in [1.29, 1.82) is 0 Å². The molecule has 0 spiro atoms. The number of nitrogens with zero attached hydrogens (tertiary/aromatic N) is 3. The van der Waals surface area contributed by atoms with Gasteiger partial charge < -0.3 is 14.8 Å². The lowest BCUT2D eigenvalue weighted by Crippen LogP contribution is -2.37. The maximum absolute atomic E-state index is 4.08. The summed E-state index contributed by atoms with van der Waals surface area (Å²) < 4.78 is 2.02. The zero-order valence-electron chi connectivity index (χ0n) is 12.9. The number of benzene rings is 1. The van der Waals surface area contributed by atoms with Gasteiger partial charge in [0.25, 0.3) is 0 Å². The van der Waals surface area contributed by atoms with Gasteiger partial charge in [0, 0.05) is 29.8 Å².